The molecule has 0 aliphatic rings. The predicted octanol–water partition coefficient (Wildman–Crippen LogP) is 4.08. The van der Waals surface area contributed by atoms with Gasteiger partial charge in [0.1, 0.15) is 6.04 Å². The van der Waals surface area contributed by atoms with Gasteiger partial charge in [-0.15, -0.1) is 0 Å². The van der Waals surface area contributed by atoms with Crippen LogP contribution in [0.25, 0.3) is 0 Å². The van der Waals surface area contributed by atoms with Crippen LogP contribution in [0, 0.1) is 11.8 Å². The van der Waals surface area contributed by atoms with E-state index in [2.05, 4.69) is 10.3 Å². The molecule has 3 aromatic rings. The summed E-state index contributed by atoms with van der Waals surface area (Å²) in [4.78, 5) is 41.5. The summed E-state index contributed by atoms with van der Waals surface area (Å²) in [6.07, 6.45) is 2.38. The molecule has 1 aromatic heterocycles. The van der Waals surface area contributed by atoms with Crippen LogP contribution in [0.4, 0.5) is 0 Å². The Morgan fingerprint density at radius 3 is 1.89 bits per heavy atom. The minimum Gasteiger partial charge on any atom is -0.481 e. The van der Waals surface area contributed by atoms with Crippen molar-refractivity contribution in [1.82, 2.24) is 10.3 Å². The number of thioether (sulfide) groups is 1. The molecule has 0 aliphatic carbocycles. The lowest BCUT2D eigenvalue weighted by Crippen LogP contribution is -2.46. The van der Waals surface area contributed by atoms with Gasteiger partial charge in [0.05, 0.1) is 11.6 Å². The Bertz CT molecular complexity index is 1110. The summed E-state index contributed by atoms with van der Waals surface area (Å²) in [7, 11) is 0. The second kappa shape index (κ2) is 14.0. The van der Waals surface area contributed by atoms with Crippen LogP contribution in [0.1, 0.15) is 23.2 Å². The highest BCUT2D eigenvalue weighted by Gasteiger charge is 2.30. The van der Waals surface area contributed by atoms with Crippen molar-refractivity contribution in [2.45, 2.75) is 31.1 Å². The molecule has 0 fully saturated rings. The lowest BCUT2D eigenvalue weighted by molar-refractivity contribution is -0.144. The first-order valence-electron chi connectivity index (χ1n) is 11.7. The van der Waals surface area contributed by atoms with Crippen LogP contribution < -0.4 is 5.32 Å². The second-order valence-electron chi connectivity index (χ2n) is 8.58. The summed E-state index contributed by atoms with van der Waals surface area (Å²) in [6.45, 7) is 0. The smallest absolute Gasteiger partial charge is 0.327 e. The number of carboxylic acid groups (broad SMARTS) is 2. The molecule has 0 radical (unpaired) electrons. The first-order valence-corrected chi connectivity index (χ1v) is 12.9. The molecule has 1 amide bonds. The zero-order chi connectivity index (χ0) is 25.8. The Kier molecular flexibility index (Phi) is 10.5. The van der Waals surface area contributed by atoms with Crippen LogP contribution in [0.15, 0.2) is 85.1 Å². The quantitative estimate of drug-likeness (QED) is 0.302. The third kappa shape index (κ3) is 8.85. The normalized spacial score (nSPS) is 13.3. The van der Waals surface area contributed by atoms with Crippen molar-refractivity contribution in [3.63, 3.8) is 0 Å². The van der Waals surface area contributed by atoms with E-state index in [1.165, 1.54) is 11.8 Å². The summed E-state index contributed by atoms with van der Waals surface area (Å²) < 4.78 is 0. The highest BCUT2D eigenvalue weighted by atomic mass is 32.2. The van der Waals surface area contributed by atoms with Crippen LogP contribution >= 0.6 is 11.8 Å². The number of pyridine rings is 1. The number of hydrogen-bond donors (Lipinski definition) is 3. The first kappa shape index (κ1) is 26.9. The Labute approximate surface area is 215 Å². The summed E-state index contributed by atoms with van der Waals surface area (Å²) in [5.41, 5.74) is 2.58. The van der Waals surface area contributed by atoms with Crippen molar-refractivity contribution in [3.8, 4) is 0 Å². The number of nitrogens with one attached hydrogen (secondary N) is 1. The fourth-order valence-electron chi connectivity index (χ4n) is 3.92. The topological polar surface area (TPSA) is 117 Å². The molecule has 7 nitrogen and oxygen atoms in total. The minimum atomic E-state index is -1.13. The fourth-order valence-corrected chi connectivity index (χ4v) is 4.88. The monoisotopic (exact) mass is 506 g/mol. The number of aromatic nitrogens is 1. The van der Waals surface area contributed by atoms with Crippen molar-refractivity contribution in [3.05, 3.63) is 102 Å². The van der Waals surface area contributed by atoms with Crippen LogP contribution in [0.5, 0.6) is 0 Å². The van der Waals surface area contributed by atoms with Gasteiger partial charge in [0, 0.05) is 23.6 Å². The number of carboxylic acids is 2. The van der Waals surface area contributed by atoms with Crippen molar-refractivity contribution in [2.75, 3.05) is 5.75 Å². The van der Waals surface area contributed by atoms with E-state index in [1.54, 1.807) is 6.20 Å². The molecule has 0 aliphatic heterocycles. The second-order valence-corrected chi connectivity index (χ2v) is 9.61. The van der Waals surface area contributed by atoms with Gasteiger partial charge < -0.3 is 15.5 Å². The highest BCUT2D eigenvalue weighted by Crippen LogP contribution is 2.23. The number of amides is 1. The van der Waals surface area contributed by atoms with E-state index >= 15 is 0 Å². The van der Waals surface area contributed by atoms with Gasteiger partial charge in [-0.1, -0.05) is 66.7 Å². The lowest BCUT2D eigenvalue weighted by atomic mass is 9.85. The van der Waals surface area contributed by atoms with Gasteiger partial charge in [-0.25, -0.2) is 4.79 Å². The summed E-state index contributed by atoms with van der Waals surface area (Å²) in [6, 6.07) is 23.1. The zero-order valence-electron chi connectivity index (χ0n) is 19.8. The van der Waals surface area contributed by atoms with E-state index in [9.17, 15) is 24.6 Å². The van der Waals surface area contributed by atoms with Gasteiger partial charge in [-0.05, 0) is 42.5 Å². The number of rotatable bonds is 14. The number of nitrogens with zero attached hydrogens (tertiary/aromatic N) is 1. The number of benzene rings is 2. The van der Waals surface area contributed by atoms with Crippen LogP contribution in [0.2, 0.25) is 0 Å². The Morgan fingerprint density at radius 2 is 1.36 bits per heavy atom. The number of carbonyl (C=O) groups is 3. The SMILES string of the molecule is O=C(O)C(Cc1ccccc1)CC(Cc1ccccc1)C(=O)N[C@@H](CSCc1ccccn1)C(=O)O. The fraction of sp³-hybridized carbons (Fsp3) is 0.286. The molecule has 1 heterocycles. The molecule has 0 saturated heterocycles. The molecule has 0 saturated carbocycles. The summed E-state index contributed by atoms with van der Waals surface area (Å²) in [5.74, 6) is -3.36. The van der Waals surface area contributed by atoms with Gasteiger partial charge >= 0.3 is 11.9 Å². The van der Waals surface area contributed by atoms with Crippen LogP contribution in [-0.2, 0) is 33.0 Å². The highest BCUT2D eigenvalue weighted by molar-refractivity contribution is 7.98. The summed E-state index contributed by atoms with van der Waals surface area (Å²) in [5, 5.41) is 22.3. The third-order valence-corrected chi connectivity index (χ3v) is 6.88. The van der Waals surface area contributed by atoms with Gasteiger partial charge in [0.25, 0.3) is 0 Å². The number of hydrogen-bond acceptors (Lipinski definition) is 5. The molecule has 8 heteroatoms. The zero-order valence-corrected chi connectivity index (χ0v) is 20.6. The molecule has 188 valence electrons. The van der Waals surface area contributed by atoms with E-state index in [0.29, 0.717) is 12.2 Å². The maximum absolute atomic E-state index is 13.3. The number of aliphatic carboxylic acids is 2. The molecule has 3 N–H and O–H groups in total. The molecular weight excluding hydrogens is 476 g/mol. The van der Waals surface area contributed by atoms with Crippen LogP contribution in [0.3, 0.4) is 0 Å². The first-order chi connectivity index (χ1) is 17.4. The minimum absolute atomic E-state index is 0.0956. The summed E-state index contributed by atoms with van der Waals surface area (Å²) >= 11 is 1.37. The van der Waals surface area contributed by atoms with Crippen molar-refractivity contribution < 1.29 is 24.6 Å². The molecule has 36 heavy (non-hydrogen) atoms. The van der Waals surface area contributed by atoms with Gasteiger partial charge in [-0.3, -0.25) is 14.6 Å². The molecule has 3 atom stereocenters. The van der Waals surface area contributed by atoms with Crippen LogP contribution in [-0.4, -0.2) is 44.8 Å². The molecule has 3 rings (SSSR count). The Morgan fingerprint density at radius 1 is 0.778 bits per heavy atom. The Hall–Kier alpha value is -3.65. The van der Waals surface area contributed by atoms with E-state index in [0.717, 1.165) is 16.8 Å². The molecule has 2 aromatic carbocycles. The van der Waals surface area contributed by atoms with Crippen molar-refractivity contribution in [1.29, 1.82) is 0 Å². The van der Waals surface area contributed by atoms with E-state index < -0.39 is 35.7 Å². The molecular formula is C28H30N2O5S. The predicted molar refractivity (Wildman–Crippen MR) is 139 cm³/mol. The van der Waals surface area contributed by atoms with Crippen molar-refractivity contribution in [2.24, 2.45) is 11.8 Å². The molecule has 0 spiro atoms. The maximum Gasteiger partial charge on any atom is 0.327 e. The standard InChI is InChI=1S/C28H30N2O5S/c31-26(30-25(28(34)35)19-36-18-24-13-7-8-14-29-24)22(15-20-9-3-1-4-10-20)17-23(27(32)33)16-21-11-5-2-6-12-21/h1-14,22-23,25H,15-19H2,(H,30,31)(H,32,33)(H,34,35)/t22?,23?,25-/m0/s1. The van der Waals surface area contributed by atoms with E-state index in [-0.39, 0.29) is 18.6 Å². The van der Waals surface area contributed by atoms with Crippen molar-refractivity contribution >= 4 is 29.6 Å². The van der Waals surface area contributed by atoms with Gasteiger partial charge in [-0.2, -0.15) is 11.8 Å². The average Bonchev–Trinajstić information content (AvgIpc) is 2.88. The molecule has 0 bridgehead atoms. The van der Waals surface area contributed by atoms with E-state index in [1.807, 2.05) is 78.9 Å². The maximum atomic E-state index is 13.3. The van der Waals surface area contributed by atoms with E-state index in [4.69, 9.17) is 0 Å². The third-order valence-electron chi connectivity index (χ3n) is 5.81. The Balaban J connectivity index is 1.71. The average molecular weight is 507 g/mol. The largest absolute Gasteiger partial charge is 0.481 e. The lowest BCUT2D eigenvalue weighted by Gasteiger charge is -2.23. The molecule has 2 unspecified atom stereocenters. The van der Waals surface area contributed by atoms with Gasteiger partial charge in [0.2, 0.25) is 5.91 Å². The number of carbonyl (C=O) groups excluding carboxylic acids is 1. The van der Waals surface area contributed by atoms with Gasteiger partial charge in [0.15, 0.2) is 0 Å².